The Hall–Kier alpha value is -3.93. The zero-order valence-electron chi connectivity index (χ0n) is 19.0. The largest absolute Gasteiger partial charge is 0.493 e. The number of carbonyl (C=O) groups excluding carboxylic acids is 1. The van der Waals surface area contributed by atoms with Gasteiger partial charge in [0.1, 0.15) is 11.3 Å². The summed E-state index contributed by atoms with van der Waals surface area (Å²) in [6, 6.07) is 21.1. The number of ether oxygens (including phenoxy) is 2. The minimum absolute atomic E-state index is 0.290. The van der Waals surface area contributed by atoms with Crippen molar-refractivity contribution in [3.63, 3.8) is 0 Å². The van der Waals surface area contributed by atoms with Gasteiger partial charge in [0.15, 0.2) is 7.05 Å². The Morgan fingerprint density at radius 2 is 1.79 bits per heavy atom. The van der Waals surface area contributed by atoms with Gasteiger partial charge in [-0.25, -0.2) is 4.79 Å². The van der Waals surface area contributed by atoms with E-state index >= 15 is 0 Å². The van der Waals surface area contributed by atoms with Gasteiger partial charge >= 0.3 is 5.97 Å². The van der Waals surface area contributed by atoms with Crippen LogP contribution in [-0.2, 0) is 16.0 Å². The molecule has 1 aliphatic rings. The minimum Gasteiger partial charge on any atom is -0.493 e. The Labute approximate surface area is 193 Å². The molecule has 1 aliphatic carbocycles. The quantitative estimate of drug-likeness (QED) is 0.255. The number of aromatic nitrogens is 1. The third-order valence-electron chi connectivity index (χ3n) is 5.29. The molecule has 1 N–H and O–H groups in total. The summed E-state index contributed by atoms with van der Waals surface area (Å²) < 4.78 is 12.5. The van der Waals surface area contributed by atoms with E-state index in [1.165, 1.54) is 7.05 Å². The number of rotatable bonds is 7. The van der Waals surface area contributed by atoms with E-state index in [0.29, 0.717) is 35.6 Å². The second-order valence-electron chi connectivity index (χ2n) is 8.07. The average Bonchev–Trinajstić information content (AvgIpc) is 3.15. The number of fused-ring (bicyclic) bond motifs is 1. The van der Waals surface area contributed by atoms with Gasteiger partial charge in [0.05, 0.1) is 18.3 Å². The van der Waals surface area contributed by atoms with Crippen LogP contribution in [0.5, 0.6) is 5.75 Å². The van der Waals surface area contributed by atoms with Crippen LogP contribution in [0.2, 0.25) is 0 Å². The van der Waals surface area contributed by atoms with Crippen molar-refractivity contribution in [3.8, 4) is 5.75 Å². The summed E-state index contributed by atoms with van der Waals surface area (Å²) in [7, 11) is 1.50. The monoisotopic (exact) mass is 443 g/mol. The van der Waals surface area contributed by atoms with E-state index in [-0.39, 0.29) is 6.10 Å². The molecule has 6 heteroatoms. The molecule has 6 nitrogen and oxygen atoms in total. The number of carbonyl (C=O) groups is 1. The first-order chi connectivity index (χ1) is 16.0. The molecule has 3 aromatic rings. The summed E-state index contributed by atoms with van der Waals surface area (Å²) in [5, 5.41) is 10.5. The molecule has 0 atom stereocenters. The van der Waals surface area contributed by atoms with E-state index in [1.807, 2.05) is 66.7 Å². The topological polar surface area (TPSA) is 71.7 Å². The highest BCUT2D eigenvalue weighted by molar-refractivity contribution is 6.35. The number of nitrogens with zero attached hydrogens (tertiary/aromatic N) is 2. The van der Waals surface area contributed by atoms with Gasteiger partial charge in [-0.05, 0) is 60.0 Å². The SMILES string of the molecule is CC(C)OC(=O)C1=C(c2ccccc2)c2ccc(OCCc3ccccn3)cc2C1=[N+](C)O. The van der Waals surface area contributed by atoms with E-state index < -0.39 is 5.97 Å². The van der Waals surface area contributed by atoms with E-state index in [1.54, 1.807) is 20.0 Å². The molecule has 0 fully saturated rings. The molecule has 4 rings (SSSR count). The number of pyridine rings is 1. The van der Waals surface area contributed by atoms with Gasteiger partial charge in [0, 0.05) is 23.9 Å². The van der Waals surface area contributed by atoms with Gasteiger partial charge in [-0.1, -0.05) is 36.4 Å². The van der Waals surface area contributed by atoms with Crippen LogP contribution in [0.3, 0.4) is 0 Å². The zero-order chi connectivity index (χ0) is 23.4. The molecular formula is C27H27N2O4+. The van der Waals surface area contributed by atoms with E-state index in [2.05, 4.69) is 4.98 Å². The minimum atomic E-state index is -0.478. The smallest absolute Gasteiger partial charge is 0.346 e. The highest BCUT2D eigenvalue weighted by Crippen LogP contribution is 2.40. The maximum absolute atomic E-state index is 13.2. The average molecular weight is 444 g/mol. The molecular weight excluding hydrogens is 416 g/mol. The molecule has 2 aromatic carbocycles. The lowest BCUT2D eigenvalue weighted by Crippen LogP contribution is -2.24. The van der Waals surface area contributed by atoms with Crippen LogP contribution >= 0.6 is 0 Å². The Kier molecular flexibility index (Phi) is 6.54. The molecule has 33 heavy (non-hydrogen) atoms. The third-order valence-corrected chi connectivity index (χ3v) is 5.29. The fourth-order valence-corrected chi connectivity index (χ4v) is 3.95. The van der Waals surface area contributed by atoms with Crippen molar-refractivity contribution >= 4 is 17.3 Å². The fourth-order valence-electron chi connectivity index (χ4n) is 3.95. The van der Waals surface area contributed by atoms with Crippen molar-refractivity contribution in [3.05, 3.63) is 101 Å². The number of hydrogen-bond donors (Lipinski definition) is 1. The van der Waals surface area contributed by atoms with Crippen molar-refractivity contribution in [2.24, 2.45) is 0 Å². The Balaban J connectivity index is 1.72. The van der Waals surface area contributed by atoms with Gasteiger partial charge in [-0.3, -0.25) is 10.2 Å². The van der Waals surface area contributed by atoms with Crippen molar-refractivity contribution in [1.29, 1.82) is 0 Å². The maximum Gasteiger partial charge on any atom is 0.346 e. The van der Waals surface area contributed by atoms with Crippen LogP contribution in [0.15, 0.2) is 78.5 Å². The molecule has 0 radical (unpaired) electrons. The molecule has 1 heterocycles. The Morgan fingerprint density at radius 3 is 2.45 bits per heavy atom. The van der Waals surface area contributed by atoms with E-state index in [9.17, 15) is 10.0 Å². The lowest BCUT2D eigenvalue weighted by molar-refractivity contribution is -0.753. The number of hydroxylamine groups is 1. The summed E-state index contributed by atoms with van der Waals surface area (Å²) in [4.78, 5) is 17.5. The number of esters is 1. The normalized spacial score (nSPS) is 14.3. The molecule has 0 bridgehead atoms. The molecule has 0 spiro atoms. The van der Waals surface area contributed by atoms with Crippen LogP contribution < -0.4 is 4.74 Å². The molecule has 0 unspecified atom stereocenters. The molecule has 0 amide bonds. The number of benzene rings is 2. The van der Waals surface area contributed by atoms with Crippen LogP contribution in [0.25, 0.3) is 5.57 Å². The van der Waals surface area contributed by atoms with Crippen LogP contribution in [0.1, 0.15) is 36.2 Å². The van der Waals surface area contributed by atoms with Crippen molar-refractivity contribution in [1.82, 2.24) is 4.98 Å². The lowest BCUT2D eigenvalue weighted by Gasteiger charge is -2.10. The first kappa shape index (κ1) is 22.3. The highest BCUT2D eigenvalue weighted by Gasteiger charge is 2.40. The maximum atomic E-state index is 13.2. The van der Waals surface area contributed by atoms with Crippen molar-refractivity contribution < 1.29 is 24.2 Å². The standard InChI is InChI=1S/C27H27N2O4/c1-18(2)33-27(30)25-24(19-9-5-4-6-10-19)22-13-12-21(17-23(22)26(25)29(3)31)32-16-14-20-11-7-8-15-28-20/h4-13,15,17-18,31H,14,16H2,1-3H3/q+1. The van der Waals surface area contributed by atoms with Gasteiger partial charge < -0.3 is 9.47 Å². The predicted molar refractivity (Wildman–Crippen MR) is 126 cm³/mol. The lowest BCUT2D eigenvalue weighted by atomic mass is 9.97. The molecule has 1 aromatic heterocycles. The molecule has 168 valence electrons. The van der Waals surface area contributed by atoms with Crippen LogP contribution in [0.4, 0.5) is 0 Å². The van der Waals surface area contributed by atoms with Gasteiger partial charge in [0.25, 0.3) is 5.71 Å². The van der Waals surface area contributed by atoms with Gasteiger partial charge in [-0.15, -0.1) is 0 Å². The van der Waals surface area contributed by atoms with E-state index in [4.69, 9.17) is 9.47 Å². The predicted octanol–water partition coefficient (Wildman–Crippen LogP) is 4.29. The summed E-state index contributed by atoms with van der Waals surface area (Å²) in [5.41, 5.74) is 4.83. The highest BCUT2D eigenvalue weighted by atomic mass is 16.5. The van der Waals surface area contributed by atoms with E-state index in [0.717, 1.165) is 27.1 Å². The van der Waals surface area contributed by atoms with Crippen molar-refractivity contribution in [2.75, 3.05) is 13.7 Å². The summed E-state index contributed by atoms with van der Waals surface area (Å²) in [5.74, 6) is 0.170. The first-order valence-corrected chi connectivity index (χ1v) is 10.9. The van der Waals surface area contributed by atoms with Crippen LogP contribution in [-0.4, -0.2) is 46.4 Å². The zero-order valence-corrected chi connectivity index (χ0v) is 19.0. The van der Waals surface area contributed by atoms with Gasteiger partial charge in [-0.2, -0.15) is 0 Å². The summed E-state index contributed by atoms with van der Waals surface area (Å²) in [6.07, 6.45) is 2.15. The fraction of sp³-hybridized carbons (Fsp3) is 0.222. The molecule has 0 aliphatic heterocycles. The summed E-state index contributed by atoms with van der Waals surface area (Å²) >= 11 is 0. The summed E-state index contributed by atoms with van der Waals surface area (Å²) in [6.45, 7) is 4.07. The second-order valence-corrected chi connectivity index (χ2v) is 8.07. The first-order valence-electron chi connectivity index (χ1n) is 10.9. The Bertz CT molecular complexity index is 1210. The van der Waals surface area contributed by atoms with Gasteiger partial charge in [0.2, 0.25) is 0 Å². The Morgan fingerprint density at radius 1 is 1.03 bits per heavy atom. The molecule has 0 saturated carbocycles. The number of hydrogen-bond acceptors (Lipinski definition) is 5. The van der Waals surface area contributed by atoms with Crippen LogP contribution in [0, 0.1) is 0 Å². The third kappa shape index (κ3) is 4.80. The second kappa shape index (κ2) is 9.69. The van der Waals surface area contributed by atoms with Crippen molar-refractivity contribution in [2.45, 2.75) is 26.4 Å². The molecule has 0 saturated heterocycles.